The van der Waals surface area contributed by atoms with Gasteiger partial charge in [-0.15, -0.1) is 0 Å². The van der Waals surface area contributed by atoms with Crippen LogP contribution in [0.3, 0.4) is 0 Å². The summed E-state index contributed by atoms with van der Waals surface area (Å²) in [6.07, 6.45) is 0. The Hall–Kier alpha value is -2.89. The first-order valence-electron chi connectivity index (χ1n) is 7.16. The lowest BCUT2D eigenvalue weighted by molar-refractivity contribution is -0.384. The number of nitro groups is 1. The van der Waals surface area contributed by atoms with Gasteiger partial charge in [0.2, 0.25) is 5.91 Å². The molecule has 0 unspecified atom stereocenters. The molecular weight excluding hydrogens is 296 g/mol. The van der Waals surface area contributed by atoms with Gasteiger partial charge in [-0.2, -0.15) is 0 Å². The summed E-state index contributed by atoms with van der Waals surface area (Å²) in [5, 5.41) is 13.5. The third-order valence-electron chi connectivity index (χ3n) is 3.62. The van der Waals surface area contributed by atoms with E-state index in [2.05, 4.69) is 5.32 Å². The normalized spacial score (nSPS) is 11.6. The summed E-state index contributed by atoms with van der Waals surface area (Å²) in [5.41, 5.74) is 1.72. The Morgan fingerprint density at radius 1 is 1.17 bits per heavy atom. The topological polar surface area (TPSA) is 81.5 Å². The highest BCUT2D eigenvalue weighted by molar-refractivity contribution is 5.83. The number of non-ortho nitro benzene ring substituents is 1. The zero-order valence-electron chi connectivity index (χ0n) is 13.0. The number of nitrogens with one attached hydrogen (secondary N) is 1. The fraction of sp³-hybridized carbons (Fsp3) is 0.235. The van der Waals surface area contributed by atoms with E-state index in [0.29, 0.717) is 6.54 Å². The van der Waals surface area contributed by atoms with E-state index in [1.807, 2.05) is 24.3 Å². The Bertz CT molecular complexity index is 681. The number of hydrogen-bond donors (Lipinski definition) is 1. The minimum atomic E-state index is -0.460. The molecule has 0 aliphatic heterocycles. The fourth-order valence-corrected chi connectivity index (χ4v) is 2.12. The van der Waals surface area contributed by atoms with Crippen LogP contribution in [0.2, 0.25) is 0 Å². The molecule has 6 nitrogen and oxygen atoms in total. The molecule has 0 radical (unpaired) electrons. The summed E-state index contributed by atoms with van der Waals surface area (Å²) in [4.78, 5) is 22.4. The van der Waals surface area contributed by atoms with E-state index in [1.54, 1.807) is 26.2 Å². The molecule has 0 spiro atoms. The summed E-state index contributed by atoms with van der Waals surface area (Å²) in [6.45, 7) is 2.19. The number of carbonyl (C=O) groups is 1. The van der Waals surface area contributed by atoms with Crippen LogP contribution >= 0.6 is 0 Å². The number of methoxy groups -OCH3 is 1. The van der Waals surface area contributed by atoms with Crippen molar-refractivity contribution in [2.75, 3.05) is 7.11 Å². The van der Waals surface area contributed by atoms with Crippen LogP contribution in [0.4, 0.5) is 5.69 Å². The Balaban J connectivity index is 1.94. The van der Waals surface area contributed by atoms with Gasteiger partial charge in [0.15, 0.2) is 0 Å². The molecule has 6 heteroatoms. The highest BCUT2D eigenvalue weighted by Crippen LogP contribution is 2.19. The first-order chi connectivity index (χ1) is 11.0. The Labute approximate surface area is 134 Å². The zero-order valence-corrected chi connectivity index (χ0v) is 13.0. The van der Waals surface area contributed by atoms with Crippen molar-refractivity contribution in [3.05, 3.63) is 69.8 Å². The summed E-state index contributed by atoms with van der Waals surface area (Å²) in [6, 6.07) is 13.5. The second-order valence-corrected chi connectivity index (χ2v) is 5.14. The van der Waals surface area contributed by atoms with Gasteiger partial charge >= 0.3 is 0 Å². The number of nitrogens with zero attached hydrogens (tertiary/aromatic N) is 1. The van der Waals surface area contributed by atoms with Gasteiger partial charge in [-0.25, -0.2) is 0 Å². The van der Waals surface area contributed by atoms with Crippen molar-refractivity contribution in [1.82, 2.24) is 5.32 Å². The molecule has 0 heterocycles. The average molecular weight is 314 g/mol. The number of rotatable bonds is 6. The van der Waals surface area contributed by atoms with E-state index in [0.717, 1.165) is 16.9 Å². The molecule has 2 aromatic carbocycles. The van der Waals surface area contributed by atoms with Crippen LogP contribution in [0.1, 0.15) is 24.0 Å². The molecule has 2 rings (SSSR count). The van der Waals surface area contributed by atoms with Gasteiger partial charge in [0.25, 0.3) is 5.69 Å². The maximum Gasteiger partial charge on any atom is 0.269 e. The summed E-state index contributed by atoms with van der Waals surface area (Å²) < 4.78 is 5.08. The third-order valence-corrected chi connectivity index (χ3v) is 3.62. The molecule has 23 heavy (non-hydrogen) atoms. The molecule has 0 fully saturated rings. The van der Waals surface area contributed by atoms with Crippen molar-refractivity contribution in [3.63, 3.8) is 0 Å². The Kier molecular flexibility index (Phi) is 5.30. The number of hydrogen-bond acceptors (Lipinski definition) is 4. The quantitative estimate of drug-likeness (QED) is 0.656. The number of carbonyl (C=O) groups excluding carboxylic acids is 1. The van der Waals surface area contributed by atoms with Crippen molar-refractivity contribution in [1.29, 1.82) is 0 Å². The molecule has 2 aromatic rings. The largest absolute Gasteiger partial charge is 0.497 e. The molecular formula is C17H18N2O4. The monoisotopic (exact) mass is 314 g/mol. The van der Waals surface area contributed by atoms with Crippen molar-refractivity contribution in [2.24, 2.45) is 0 Å². The summed E-state index contributed by atoms with van der Waals surface area (Å²) >= 11 is 0. The lowest BCUT2D eigenvalue weighted by Gasteiger charge is -2.12. The predicted octanol–water partition coefficient (Wildman–Crippen LogP) is 3.02. The second-order valence-electron chi connectivity index (χ2n) is 5.14. The molecule has 1 atom stereocenters. The van der Waals surface area contributed by atoms with Crippen molar-refractivity contribution in [2.45, 2.75) is 19.4 Å². The Morgan fingerprint density at radius 2 is 1.78 bits per heavy atom. The summed E-state index contributed by atoms with van der Waals surface area (Å²) in [7, 11) is 1.60. The third kappa shape index (κ3) is 4.29. The number of nitro benzene ring substituents is 1. The number of amides is 1. The van der Waals surface area contributed by atoms with E-state index >= 15 is 0 Å². The van der Waals surface area contributed by atoms with Crippen LogP contribution in [0.15, 0.2) is 48.5 Å². The summed E-state index contributed by atoms with van der Waals surface area (Å²) in [5.74, 6) is 0.253. The molecule has 0 aliphatic carbocycles. The minimum absolute atomic E-state index is 0.0135. The maximum atomic E-state index is 12.2. The lowest BCUT2D eigenvalue weighted by Crippen LogP contribution is -2.27. The highest BCUT2D eigenvalue weighted by Gasteiger charge is 2.16. The standard InChI is InChI=1S/C17H18N2O4/c1-12(14-5-7-15(8-6-14)19(21)22)17(20)18-11-13-3-9-16(23-2)10-4-13/h3-10,12H,11H2,1-2H3,(H,18,20)/t12-/m0/s1. The van der Waals surface area contributed by atoms with E-state index in [4.69, 9.17) is 4.74 Å². The van der Waals surface area contributed by atoms with Gasteiger partial charge in [-0.1, -0.05) is 24.3 Å². The van der Waals surface area contributed by atoms with Crippen LogP contribution < -0.4 is 10.1 Å². The van der Waals surface area contributed by atoms with E-state index in [9.17, 15) is 14.9 Å². The molecule has 1 amide bonds. The van der Waals surface area contributed by atoms with E-state index in [1.165, 1.54) is 12.1 Å². The Morgan fingerprint density at radius 3 is 2.30 bits per heavy atom. The fourth-order valence-electron chi connectivity index (χ4n) is 2.12. The SMILES string of the molecule is COc1ccc(CNC(=O)[C@@H](C)c2ccc([N+](=O)[O-])cc2)cc1. The molecule has 0 saturated heterocycles. The van der Waals surface area contributed by atoms with E-state index in [-0.39, 0.29) is 17.5 Å². The number of benzene rings is 2. The van der Waals surface area contributed by atoms with Gasteiger partial charge in [0.1, 0.15) is 5.75 Å². The van der Waals surface area contributed by atoms with Crippen LogP contribution in [0.5, 0.6) is 5.75 Å². The average Bonchev–Trinajstić information content (AvgIpc) is 2.59. The van der Waals surface area contributed by atoms with Crippen molar-refractivity contribution in [3.8, 4) is 5.75 Å². The van der Waals surface area contributed by atoms with Gasteiger partial charge in [0, 0.05) is 18.7 Å². The lowest BCUT2D eigenvalue weighted by atomic mass is 10.00. The van der Waals surface area contributed by atoms with Crippen LogP contribution in [0.25, 0.3) is 0 Å². The highest BCUT2D eigenvalue weighted by atomic mass is 16.6. The molecule has 120 valence electrons. The first kappa shape index (κ1) is 16.5. The molecule has 0 aliphatic rings. The molecule has 0 bridgehead atoms. The van der Waals surface area contributed by atoms with Crippen molar-refractivity contribution >= 4 is 11.6 Å². The van der Waals surface area contributed by atoms with E-state index < -0.39 is 4.92 Å². The van der Waals surface area contributed by atoms with Crippen LogP contribution in [0, 0.1) is 10.1 Å². The van der Waals surface area contributed by atoms with Crippen LogP contribution in [-0.4, -0.2) is 17.9 Å². The van der Waals surface area contributed by atoms with Gasteiger partial charge in [-0.3, -0.25) is 14.9 Å². The smallest absolute Gasteiger partial charge is 0.269 e. The maximum absolute atomic E-state index is 12.2. The number of ether oxygens (including phenoxy) is 1. The van der Waals surface area contributed by atoms with Gasteiger partial charge in [0.05, 0.1) is 18.0 Å². The molecule has 0 aromatic heterocycles. The van der Waals surface area contributed by atoms with Gasteiger partial charge < -0.3 is 10.1 Å². The molecule has 1 N–H and O–H groups in total. The van der Waals surface area contributed by atoms with Crippen LogP contribution in [-0.2, 0) is 11.3 Å². The second kappa shape index (κ2) is 7.40. The van der Waals surface area contributed by atoms with Crippen molar-refractivity contribution < 1.29 is 14.5 Å². The predicted molar refractivity (Wildman–Crippen MR) is 86.4 cm³/mol. The molecule has 0 saturated carbocycles. The zero-order chi connectivity index (χ0) is 16.8. The minimum Gasteiger partial charge on any atom is -0.497 e. The van der Waals surface area contributed by atoms with Gasteiger partial charge in [-0.05, 0) is 30.2 Å². The first-order valence-corrected chi connectivity index (χ1v) is 7.16.